The number of amides is 1. The molecule has 1 spiro atoms. The van der Waals surface area contributed by atoms with Crippen LogP contribution in [0.25, 0.3) is 0 Å². The van der Waals surface area contributed by atoms with Gasteiger partial charge in [0, 0.05) is 13.1 Å². The van der Waals surface area contributed by atoms with Crippen molar-refractivity contribution in [2.45, 2.75) is 77.6 Å². The molecule has 0 heterocycles. The monoisotopic (exact) mass is 486 g/mol. The van der Waals surface area contributed by atoms with E-state index in [2.05, 4.69) is 23.2 Å². The second kappa shape index (κ2) is 10.1. The van der Waals surface area contributed by atoms with Gasteiger partial charge in [-0.15, -0.1) is 0 Å². The summed E-state index contributed by atoms with van der Waals surface area (Å²) in [5, 5.41) is 13.2. The van der Waals surface area contributed by atoms with E-state index in [1.54, 1.807) is 0 Å². The number of aryl methyl sites for hydroxylation is 1. The third-order valence-corrected chi connectivity index (χ3v) is 10.2. The van der Waals surface area contributed by atoms with Crippen LogP contribution in [-0.2, 0) is 6.42 Å². The summed E-state index contributed by atoms with van der Waals surface area (Å²) in [4.78, 5) is 15.5. The molecule has 5 rings (SSSR count). The molecule has 1 aromatic rings. The molecule has 3 bridgehead atoms. The average molecular weight is 487 g/mol. The van der Waals surface area contributed by atoms with E-state index < -0.39 is 0 Å². The van der Waals surface area contributed by atoms with Gasteiger partial charge in [-0.3, -0.25) is 4.79 Å². The Bertz CT molecular complexity index is 887. The Morgan fingerprint density at radius 3 is 2.79 bits per heavy atom. The minimum absolute atomic E-state index is 0.00563. The number of halogens is 1. The summed E-state index contributed by atoms with van der Waals surface area (Å²) in [6.07, 6.45) is 14.0. The minimum atomic E-state index is -0.00563. The van der Waals surface area contributed by atoms with E-state index in [0.29, 0.717) is 21.4 Å². The van der Waals surface area contributed by atoms with Gasteiger partial charge in [0.2, 0.25) is 0 Å². The van der Waals surface area contributed by atoms with Crippen LogP contribution in [0.4, 0.5) is 0 Å². The molecule has 0 aromatic heterocycles. The molecule has 5 atom stereocenters. The normalized spacial score (nSPS) is 32.8. The molecule has 0 aliphatic heterocycles. The van der Waals surface area contributed by atoms with E-state index in [4.69, 9.17) is 11.6 Å². The quantitative estimate of drug-likeness (QED) is 0.351. The lowest BCUT2D eigenvalue weighted by Crippen LogP contribution is -2.43. The maximum absolute atomic E-state index is 13.2. The van der Waals surface area contributed by atoms with Gasteiger partial charge in [0.1, 0.15) is 0 Å². The Kier molecular flexibility index (Phi) is 7.31. The molecule has 34 heavy (non-hydrogen) atoms. The Morgan fingerprint density at radius 2 is 1.97 bits per heavy atom. The zero-order valence-corrected chi connectivity index (χ0v) is 21.7. The molecule has 0 saturated heterocycles. The lowest BCUT2D eigenvalue weighted by molar-refractivity contribution is -0.00253. The molecular formula is C29H43ClN2O2. The Hall–Kier alpha value is -1.10. The highest BCUT2D eigenvalue weighted by molar-refractivity contribution is 6.33. The highest BCUT2D eigenvalue weighted by Gasteiger charge is 2.70. The summed E-state index contributed by atoms with van der Waals surface area (Å²) in [7, 11) is 0. The van der Waals surface area contributed by atoms with Gasteiger partial charge in [0.15, 0.2) is 0 Å². The number of rotatable bonds is 13. The van der Waals surface area contributed by atoms with E-state index >= 15 is 0 Å². The number of unbranched alkanes of at least 4 members (excludes halogenated alkanes) is 2. The summed E-state index contributed by atoms with van der Waals surface area (Å²) in [6, 6.07) is 5.94. The fourth-order valence-electron chi connectivity index (χ4n) is 8.58. The summed E-state index contributed by atoms with van der Waals surface area (Å²) < 4.78 is 0. The summed E-state index contributed by atoms with van der Waals surface area (Å²) in [5.74, 6) is 2.83. The van der Waals surface area contributed by atoms with Crippen molar-refractivity contribution in [2.24, 2.45) is 28.6 Å². The largest absolute Gasteiger partial charge is 0.395 e. The molecule has 4 aliphatic carbocycles. The molecular weight excluding hydrogens is 444 g/mol. The SMILES string of the molecule is CCCCCN(CCO)CCCc1ccc(Cl)c(C(=O)NCC23CC4CC5CC(C2)C5(C4)C3)c1. The fourth-order valence-corrected chi connectivity index (χ4v) is 8.78. The highest BCUT2D eigenvalue weighted by Crippen LogP contribution is 2.78. The van der Waals surface area contributed by atoms with Crippen LogP contribution in [-0.4, -0.2) is 48.7 Å². The van der Waals surface area contributed by atoms with Gasteiger partial charge in [-0.25, -0.2) is 0 Å². The fraction of sp³-hybridized carbons (Fsp3) is 0.759. The van der Waals surface area contributed by atoms with Crippen LogP contribution in [0.15, 0.2) is 18.2 Å². The van der Waals surface area contributed by atoms with Crippen molar-refractivity contribution in [1.82, 2.24) is 10.2 Å². The van der Waals surface area contributed by atoms with Crippen LogP contribution in [0.1, 0.15) is 87.1 Å². The van der Waals surface area contributed by atoms with Crippen molar-refractivity contribution >= 4 is 17.5 Å². The number of hydrogen-bond acceptors (Lipinski definition) is 3. The molecule has 4 saturated carbocycles. The first-order chi connectivity index (χ1) is 16.5. The van der Waals surface area contributed by atoms with Crippen molar-refractivity contribution < 1.29 is 9.90 Å². The predicted octanol–water partition coefficient (Wildman–Crippen LogP) is 5.70. The van der Waals surface area contributed by atoms with Gasteiger partial charge in [-0.2, -0.15) is 0 Å². The Labute approximate surface area is 210 Å². The minimum Gasteiger partial charge on any atom is -0.395 e. The van der Waals surface area contributed by atoms with E-state index in [1.807, 2.05) is 12.1 Å². The van der Waals surface area contributed by atoms with E-state index in [0.717, 1.165) is 56.8 Å². The van der Waals surface area contributed by atoms with E-state index in [1.165, 1.54) is 63.4 Å². The number of carbonyl (C=O) groups excluding carboxylic acids is 1. The highest BCUT2D eigenvalue weighted by atomic mass is 35.5. The van der Waals surface area contributed by atoms with E-state index in [9.17, 15) is 9.90 Å². The first kappa shape index (κ1) is 24.6. The third-order valence-electron chi connectivity index (χ3n) is 9.92. The molecule has 0 radical (unpaired) electrons. The molecule has 5 unspecified atom stereocenters. The summed E-state index contributed by atoms with van der Waals surface area (Å²) >= 11 is 6.47. The zero-order chi connectivity index (χ0) is 23.8. The second-order valence-electron chi connectivity index (χ2n) is 12.1. The number of benzene rings is 1. The number of nitrogens with zero attached hydrogens (tertiary/aromatic N) is 1. The van der Waals surface area contributed by atoms with Crippen LogP contribution in [0, 0.1) is 28.6 Å². The molecule has 2 N–H and O–H groups in total. The van der Waals surface area contributed by atoms with Crippen molar-refractivity contribution in [2.75, 3.05) is 32.8 Å². The lowest BCUT2D eigenvalue weighted by Gasteiger charge is -2.49. The van der Waals surface area contributed by atoms with Gasteiger partial charge >= 0.3 is 0 Å². The van der Waals surface area contributed by atoms with Gasteiger partial charge in [0.25, 0.3) is 5.91 Å². The van der Waals surface area contributed by atoms with Crippen molar-refractivity contribution in [3.8, 4) is 0 Å². The number of carbonyl (C=O) groups is 1. The number of hydrogen-bond donors (Lipinski definition) is 2. The smallest absolute Gasteiger partial charge is 0.252 e. The van der Waals surface area contributed by atoms with Crippen LogP contribution in [0.5, 0.6) is 0 Å². The number of aliphatic hydroxyl groups excluding tert-OH is 1. The number of nitrogens with one attached hydrogen (secondary N) is 1. The molecule has 4 fully saturated rings. The zero-order valence-electron chi connectivity index (χ0n) is 21.0. The standard InChI is InChI=1S/C29H43ClN2O2/c1-2-3-4-9-32(11-12-33)10-5-6-21-7-8-26(30)25(14-21)27(34)31-20-28-16-22-13-23-15-24(18-28)29(23,17-22)19-28/h7-8,14,22-24,33H,2-6,9-13,15-20H2,1H3,(H,31,34). The molecule has 188 valence electrons. The topological polar surface area (TPSA) is 52.6 Å². The average Bonchev–Trinajstić information content (AvgIpc) is 3.13. The molecule has 4 aliphatic rings. The number of fused-ring (bicyclic) bond motifs is 2. The Morgan fingerprint density at radius 1 is 1.12 bits per heavy atom. The van der Waals surface area contributed by atoms with Gasteiger partial charge in [-0.05, 0) is 117 Å². The van der Waals surface area contributed by atoms with E-state index in [-0.39, 0.29) is 12.5 Å². The third kappa shape index (κ3) is 4.67. The van der Waals surface area contributed by atoms with Crippen LogP contribution in [0.2, 0.25) is 5.02 Å². The summed E-state index contributed by atoms with van der Waals surface area (Å²) in [5.41, 5.74) is 2.79. The van der Waals surface area contributed by atoms with Crippen molar-refractivity contribution in [1.29, 1.82) is 0 Å². The second-order valence-corrected chi connectivity index (χ2v) is 12.5. The van der Waals surface area contributed by atoms with Gasteiger partial charge < -0.3 is 15.3 Å². The first-order valence-electron chi connectivity index (χ1n) is 13.9. The van der Waals surface area contributed by atoms with Crippen LogP contribution in [0.3, 0.4) is 0 Å². The lowest BCUT2D eigenvalue weighted by atomic mass is 9.55. The number of aliphatic hydroxyl groups is 1. The van der Waals surface area contributed by atoms with Crippen LogP contribution < -0.4 is 5.32 Å². The van der Waals surface area contributed by atoms with Gasteiger partial charge in [-0.1, -0.05) is 37.4 Å². The molecule has 4 nitrogen and oxygen atoms in total. The molecule has 1 amide bonds. The van der Waals surface area contributed by atoms with Gasteiger partial charge in [0.05, 0.1) is 17.2 Å². The maximum Gasteiger partial charge on any atom is 0.252 e. The predicted molar refractivity (Wildman–Crippen MR) is 138 cm³/mol. The first-order valence-corrected chi connectivity index (χ1v) is 14.2. The molecule has 1 aromatic carbocycles. The van der Waals surface area contributed by atoms with Crippen LogP contribution >= 0.6 is 11.6 Å². The van der Waals surface area contributed by atoms with Crippen molar-refractivity contribution in [3.63, 3.8) is 0 Å². The summed E-state index contributed by atoms with van der Waals surface area (Å²) in [6.45, 7) is 6.01. The Balaban J connectivity index is 1.14. The molecule has 5 heteroatoms. The maximum atomic E-state index is 13.2. The van der Waals surface area contributed by atoms with Crippen molar-refractivity contribution in [3.05, 3.63) is 34.3 Å².